The number of piperidine rings is 4. The van der Waals surface area contributed by atoms with Crippen LogP contribution in [0.3, 0.4) is 0 Å². The van der Waals surface area contributed by atoms with Crippen LogP contribution in [-0.2, 0) is 0 Å². The van der Waals surface area contributed by atoms with E-state index >= 15 is 0 Å². The number of nitrogens with zero attached hydrogens (tertiary/aromatic N) is 3. The monoisotopic (exact) mass is 815 g/mol. The number of carbonyl (C=O) groups excluding carboxylic acids is 1. The second-order valence-corrected chi connectivity index (χ2v) is 16.3. The van der Waals surface area contributed by atoms with E-state index in [1.54, 1.807) is 24.3 Å². The van der Waals surface area contributed by atoms with E-state index in [-0.39, 0.29) is 24.5 Å². The highest BCUT2D eigenvalue weighted by Crippen LogP contribution is 2.23. The average molecular weight is 817 g/mol. The Morgan fingerprint density at radius 2 is 1.12 bits per heavy atom. The lowest BCUT2D eigenvalue weighted by atomic mass is 10.00. The van der Waals surface area contributed by atoms with Gasteiger partial charge < -0.3 is 36.4 Å². The van der Waals surface area contributed by atoms with Gasteiger partial charge in [-0.15, -0.1) is 12.4 Å². The third-order valence-electron chi connectivity index (χ3n) is 10.9. The summed E-state index contributed by atoms with van der Waals surface area (Å²) in [5, 5.41) is 9.89. The normalized spacial score (nSPS) is 21.7. The van der Waals surface area contributed by atoms with Crippen molar-refractivity contribution >= 4 is 52.8 Å². The van der Waals surface area contributed by atoms with E-state index in [0.717, 1.165) is 56.5 Å². The second-order valence-electron chi connectivity index (χ2n) is 15.9. The van der Waals surface area contributed by atoms with Crippen molar-refractivity contribution in [3.63, 3.8) is 0 Å². The summed E-state index contributed by atoms with van der Waals surface area (Å²) in [6.45, 7) is 13.6. The van der Waals surface area contributed by atoms with Crippen LogP contribution < -0.4 is 36.4 Å². The number of urea groups is 1. The van der Waals surface area contributed by atoms with Gasteiger partial charge in [0.25, 0.3) is 0 Å². The lowest BCUT2D eigenvalue weighted by molar-refractivity contribution is 0.246. The molecule has 0 unspecified atom stereocenters. The zero-order valence-electron chi connectivity index (χ0n) is 34.2. The number of halogens is 2. The standard InChI is InChI=1S/C18H20ClN3O.C12H17N.C11H16N2.C6H13N.ClH/c19-14-8-10-15(11-9-14)20-18(23)21-16-5-4-12-22(13-16)17-6-2-1-3-7-17;1-11-6-5-9-13(10-11)12-7-3-2-4-8-12;12-10-5-4-8-13(9-10)11-6-2-1-3-7-11;1-6-3-2-4-7-5-6;/h1-3,6-11,16H,4-5,12-13H2,(H2,20,21,23);2-4,7-8,11H,5-6,9-10H2,1H3;1-3,6-7,10H,4-5,8-9,12H2;6-7H,2-5H2,1H3;1H/t16-;11-;10-;6-;/m1111./s1. The molecule has 8 rings (SSSR count). The van der Waals surface area contributed by atoms with Gasteiger partial charge in [0, 0.05) is 79.1 Å². The van der Waals surface area contributed by atoms with Crippen LogP contribution in [0, 0.1) is 11.8 Å². The molecule has 5 N–H and O–H groups in total. The summed E-state index contributed by atoms with van der Waals surface area (Å²) in [6.07, 6.45) is 9.99. The predicted molar refractivity (Wildman–Crippen MR) is 247 cm³/mol. The minimum absolute atomic E-state index is 0. The van der Waals surface area contributed by atoms with Gasteiger partial charge in [0.1, 0.15) is 0 Å². The molecule has 0 spiro atoms. The van der Waals surface area contributed by atoms with Crippen LogP contribution in [0.15, 0.2) is 115 Å². The SMILES string of the molecule is C[C@@H]1CCCN(c2ccccc2)C1.C[C@@H]1CCCNC1.Cl.N[C@@H]1CCCN(c2ccccc2)C1.O=C(Nc1ccc(Cl)cc1)N[C@@H]1CCCN(c2ccccc2)C1. The van der Waals surface area contributed by atoms with Gasteiger partial charge in [0.15, 0.2) is 0 Å². The van der Waals surface area contributed by atoms with Gasteiger partial charge in [-0.1, -0.05) is 80.0 Å². The molecule has 10 heteroatoms. The largest absolute Gasteiger partial charge is 0.371 e. The zero-order valence-corrected chi connectivity index (χ0v) is 35.8. The lowest BCUT2D eigenvalue weighted by Gasteiger charge is -2.34. The number of amides is 2. The Hall–Kier alpha value is -3.95. The maximum absolute atomic E-state index is 12.1. The first-order chi connectivity index (χ1) is 27.3. The Bertz CT molecular complexity index is 1590. The molecule has 4 atom stereocenters. The van der Waals surface area contributed by atoms with E-state index in [4.69, 9.17) is 17.3 Å². The van der Waals surface area contributed by atoms with Crippen LogP contribution in [0.5, 0.6) is 0 Å². The summed E-state index contributed by atoms with van der Waals surface area (Å²) in [7, 11) is 0. The van der Waals surface area contributed by atoms with Crippen LogP contribution in [-0.4, -0.2) is 70.5 Å². The van der Waals surface area contributed by atoms with E-state index in [1.807, 2.05) is 24.3 Å². The predicted octanol–water partition coefficient (Wildman–Crippen LogP) is 10.1. The zero-order chi connectivity index (χ0) is 39.4. The smallest absolute Gasteiger partial charge is 0.319 e. The third kappa shape index (κ3) is 16.8. The summed E-state index contributed by atoms with van der Waals surface area (Å²) in [4.78, 5) is 19.3. The number of nitrogens with one attached hydrogen (secondary N) is 3. The van der Waals surface area contributed by atoms with Crippen molar-refractivity contribution in [2.75, 3.05) is 72.4 Å². The Balaban J connectivity index is 0.000000181. The van der Waals surface area contributed by atoms with Crippen molar-refractivity contribution in [2.45, 2.75) is 77.3 Å². The fourth-order valence-electron chi connectivity index (χ4n) is 7.83. The Kier molecular flexibility index (Phi) is 20.4. The van der Waals surface area contributed by atoms with Crippen LogP contribution in [0.1, 0.15) is 65.2 Å². The molecule has 0 aliphatic carbocycles. The van der Waals surface area contributed by atoms with Gasteiger partial charge in [0.2, 0.25) is 0 Å². The lowest BCUT2D eigenvalue weighted by Crippen LogP contribution is -2.49. The summed E-state index contributed by atoms with van der Waals surface area (Å²) < 4.78 is 0. The van der Waals surface area contributed by atoms with E-state index in [1.165, 1.54) is 81.8 Å². The highest BCUT2D eigenvalue weighted by atomic mass is 35.5. The molecule has 310 valence electrons. The molecule has 0 bridgehead atoms. The molecular weight excluding hydrogens is 749 g/mol. The first-order valence-corrected chi connectivity index (χ1v) is 21.4. The molecule has 57 heavy (non-hydrogen) atoms. The first-order valence-electron chi connectivity index (χ1n) is 21.0. The molecule has 0 aromatic heterocycles. The molecule has 2 amide bonds. The van der Waals surface area contributed by atoms with Crippen LogP contribution in [0.4, 0.5) is 27.5 Å². The maximum Gasteiger partial charge on any atom is 0.319 e. The number of carbonyl (C=O) groups is 1. The van der Waals surface area contributed by atoms with Crippen molar-refractivity contribution in [3.05, 3.63) is 120 Å². The molecular formula is C47H67Cl2N7O. The fourth-order valence-corrected chi connectivity index (χ4v) is 7.95. The number of rotatable bonds is 5. The topological polar surface area (TPSA) is 88.9 Å². The Morgan fingerprint density at radius 3 is 1.60 bits per heavy atom. The number of para-hydroxylation sites is 3. The number of anilines is 4. The van der Waals surface area contributed by atoms with Crippen molar-refractivity contribution in [3.8, 4) is 0 Å². The number of hydrogen-bond acceptors (Lipinski definition) is 6. The molecule has 0 saturated carbocycles. The van der Waals surface area contributed by atoms with Crippen molar-refractivity contribution in [2.24, 2.45) is 17.6 Å². The molecule has 8 nitrogen and oxygen atoms in total. The van der Waals surface area contributed by atoms with Gasteiger partial charge in [-0.25, -0.2) is 4.79 Å². The van der Waals surface area contributed by atoms with Crippen LogP contribution >= 0.6 is 24.0 Å². The minimum Gasteiger partial charge on any atom is -0.371 e. The molecule has 0 radical (unpaired) electrons. The fraction of sp³-hybridized carbons (Fsp3) is 0.468. The van der Waals surface area contributed by atoms with Crippen molar-refractivity contribution < 1.29 is 4.79 Å². The highest BCUT2D eigenvalue weighted by Gasteiger charge is 2.22. The quantitative estimate of drug-likeness (QED) is 0.161. The van der Waals surface area contributed by atoms with Gasteiger partial charge in [-0.05, 0) is 137 Å². The summed E-state index contributed by atoms with van der Waals surface area (Å²) in [6, 6.07) is 39.0. The first kappa shape index (κ1) is 45.7. The molecule has 4 aromatic rings. The molecule has 4 aliphatic rings. The second kappa shape index (κ2) is 25.4. The third-order valence-corrected chi connectivity index (χ3v) is 11.1. The van der Waals surface area contributed by atoms with E-state index in [2.05, 4.69) is 111 Å². The number of hydrogen-bond donors (Lipinski definition) is 4. The summed E-state index contributed by atoms with van der Waals surface area (Å²) in [5.74, 6) is 1.78. The van der Waals surface area contributed by atoms with Gasteiger partial charge in [-0.2, -0.15) is 0 Å². The Labute approximate surface area is 354 Å². The average Bonchev–Trinajstić information content (AvgIpc) is 3.24. The highest BCUT2D eigenvalue weighted by molar-refractivity contribution is 6.30. The summed E-state index contributed by atoms with van der Waals surface area (Å²) in [5.41, 5.74) is 10.6. The van der Waals surface area contributed by atoms with Crippen molar-refractivity contribution in [1.82, 2.24) is 10.6 Å². The molecule has 4 fully saturated rings. The maximum atomic E-state index is 12.1. The molecule has 4 aromatic carbocycles. The van der Waals surface area contributed by atoms with Gasteiger partial charge in [0.05, 0.1) is 0 Å². The van der Waals surface area contributed by atoms with Crippen LogP contribution in [0.2, 0.25) is 5.02 Å². The molecule has 4 heterocycles. The van der Waals surface area contributed by atoms with Gasteiger partial charge in [-0.3, -0.25) is 0 Å². The van der Waals surface area contributed by atoms with Crippen molar-refractivity contribution in [1.29, 1.82) is 0 Å². The Morgan fingerprint density at radius 1 is 0.632 bits per heavy atom. The number of benzene rings is 4. The van der Waals surface area contributed by atoms with E-state index in [9.17, 15) is 4.79 Å². The van der Waals surface area contributed by atoms with E-state index in [0.29, 0.717) is 11.1 Å². The summed E-state index contributed by atoms with van der Waals surface area (Å²) >= 11 is 5.84. The molecule has 4 aliphatic heterocycles. The number of nitrogens with two attached hydrogens (primary N) is 1. The van der Waals surface area contributed by atoms with Gasteiger partial charge >= 0.3 is 6.03 Å². The van der Waals surface area contributed by atoms with Crippen LogP contribution in [0.25, 0.3) is 0 Å². The molecule has 4 saturated heterocycles. The minimum atomic E-state index is -0.174. The van der Waals surface area contributed by atoms with E-state index < -0.39 is 0 Å².